The summed E-state index contributed by atoms with van der Waals surface area (Å²) in [6.45, 7) is 12.3. The first-order valence-electron chi connectivity index (χ1n) is 10.9. The Kier molecular flexibility index (Phi) is 11.1. The van der Waals surface area contributed by atoms with Crippen LogP contribution in [0, 0.1) is 5.92 Å². The molecule has 2 fully saturated rings. The number of ether oxygens (including phenoxy) is 1. The molecule has 1 unspecified atom stereocenters. The highest BCUT2D eigenvalue weighted by Crippen LogP contribution is 2.15. The fourth-order valence-corrected chi connectivity index (χ4v) is 4.06. The van der Waals surface area contributed by atoms with E-state index in [1.807, 2.05) is 30.3 Å². The van der Waals surface area contributed by atoms with Crippen LogP contribution >= 0.6 is 24.0 Å². The number of guanidine groups is 1. The number of benzene rings is 1. The molecule has 0 spiro atoms. The zero-order valence-electron chi connectivity index (χ0n) is 18.1. The molecule has 1 aromatic rings. The fraction of sp³-hybridized carbons (Fsp3) is 0.682. The number of rotatable bonds is 7. The van der Waals surface area contributed by atoms with Gasteiger partial charge in [0.05, 0.1) is 0 Å². The highest BCUT2D eigenvalue weighted by atomic mass is 127. The van der Waals surface area contributed by atoms with Crippen molar-refractivity contribution in [2.45, 2.75) is 19.8 Å². The SMILES string of the molecule is CCNC(=NCC1CCCN(C)C1)N1CCN(CCOc2ccccc2)CC1.I. The highest BCUT2D eigenvalue weighted by molar-refractivity contribution is 14.0. The Bertz CT molecular complexity index is 592. The third-order valence-electron chi connectivity index (χ3n) is 5.65. The van der Waals surface area contributed by atoms with Crippen LogP contribution in [0.2, 0.25) is 0 Å². The second kappa shape index (κ2) is 13.3. The molecule has 2 saturated heterocycles. The van der Waals surface area contributed by atoms with Crippen molar-refractivity contribution in [1.82, 2.24) is 20.0 Å². The van der Waals surface area contributed by atoms with Gasteiger partial charge in [-0.2, -0.15) is 0 Å². The summed E-state index contributed by atoms with van der Waals surface area (Å²) in [6, 6.07) is 10.1. The van der Waals surface area contributed by atoms with Crippen molar-refractivity contribution in [2.75, 3.05) is 72.6 Å². The molecule has 1 atom stereocenters. The van der Waals surface area contributed by atoms with Crippen LogP contribution in [0.3, 0.4) is 0 Å². The molecule has 29 heavy (non-hydrogen) atoms. The van der Waals surface area contributed by atoms with E-state index in [1.54, 1.807) is 0 Å². The van der Waals surface area contributed by atoms with Crippen molar-refractivity contribution in [2.24, 2.45) is 10.9 Å². The van der Waals surface area contributed by atoms with Crippen LogP contribution < -0.4 is 10.1 Å². The minimum Gasteiger partial charge on any atom is -0.492 e. The van der Waals surface area contributed by atoms with E-state index in [-0.39, 0.29) is 24.0 Å². The van der Waals surface area contributed by atoms with E-state index in [0.717, 1.165) is 64.1 Å². The largest absolute Gasteiger partial charge is 0.492 e. The number of piperidine rings is 1. The lowest BCUT2D eigenvalue weighted by Gasteiger charge is -2.36. The summed E-state index contributed by atoms with van der Waals surface area (Å²) in [4.78, 5) is 12.3. The van der Waals surface area contributed by atoms with Gasteiger partial charge in [0.1, 0.15) is 12.4 Å². The molecule has 3 rings (SSSR count). The predicted octanol–water partition coefficient (Wildman–Crippen LogP) is 2.61. The Morgan fingerprint density at radius 3 is 2.59 bits per heavy atom. The summed E-state index contributed by atoms with van der Waals surface area (Å²) in [5.74, 6) is 2.75. The highest BCUT2D eigenvalue weighted by Gasteiger charge is 2.21. The number of aliphatic imine (C=N–C) groups is 1. The molecule has 2 aliphatic heterocycles. The first-order chi connectivity index (χ1) is 13.7. The summed E-state index contributed by atoms with van der Waals surface area (Å²) < 4.78 is 5.84. The molecule has 0 radical (unpaired) electrons. The van der Waals surface area contributed by atoms with Gasteiger partial charge in [-0.3, -0.25) is 9.89 Å². The lowest BCUT2D eigenvalue weighted by atomic mass is 9.99. The summed E-state index contributed by atoms with van der Waals surface area (Å²) in [6.07, 6.45) is 2.61. The Labute approximate surface area is 193 Å². The lowest BCUT2D eigenvalue weighted by Crippen LogP contribution is -2.53. The van der Waals surface area contributed by atoms with Crippen molar-refractivity contribution in [3.05, 3.63) is 30.3 Å². The van der Waals surface area contributed by atoms with Crippen LogP contribution in [-0.2, 0) is 0 Å². The Morgan fingerprint density at radius 1 is 1.14 bits per heavy atom. The van der Waals surface area contributed by atoms with Gasteiger partial charge in [0.2, 0.25) is 0 Å². The smallest absolute Gasteiger partial charge is 0.194 e. The quantitative estimate of drug-likeness (QED) is 0.344. The van der Waals surface area contributed by atoms with Crippen LogP contribution in [0.15, 0.2) is 35.3 Å². The first kappa shape index (κ1) is 24.2. The van der Waals surface area contributed by atoms with E-state index in [4.69, 9.17) is 9.73 Å². The number of para-hydroxylation sites is 1. The van der Waals surface area contributed by atoms with E-state index in [2.05, 4.69) is 34.0 Å². The average molecular weight is 515 g/mol. The number of nitrogens with one attached hydrogen (secondary N) is 1. The molecule has 0 bridgehead atoms. The zero-order chi connectivity index (χ0) is 19.6. The first-order valence-corrected chi connectivity index (χ1v) is 10.9. The number of halogens is 1. The van der Waals surface area contributed by atoms with Crippen LogP contribution in [0.5, 0.6) is 5.75 Å². The molecular weight excluding hydrogens is 477 g/mol. The number of likely N-dealkylation sites (tertiary alicyclic amines) is 1. The maximum atomic E-state index is 5.84. The topological polar surface area (TPSA) is 43.3 Å². The van der Waals surface area contributed by atoms with Gasteiger partial charge in [0.15, 0.2) is 5.96 Å². The van der Waals surface area contributed by atoms with Crippen molar-refractivity contribution in [3.63, 3.8) is 0 Å². The minimum absolute atomic E-state index is 0. The van der Waals surface area contributed by atoms with E-state index in [1.165, 1.54) is 25.9 Å². The van der Waals surface area contributed by atoms with E-state index < -0.39 is 0 Å². The van der Waals surface area contributed by atoms with Crippen LogP contribution in [0.1, 0.15) is 19.8 Å². The minimum atomic E-state index is 0. The van der Waals surface area contributed by atoms with Crippen molar-refractivity contribution in [3.8, 4) is 5.75 Å². The molecule has 7 heteroatoms. The van der Waals surface area contributed by atoms with Crippen LogP contribution in [-0.4, -0.2) is 93.2 Å². The lowest BCUT2D eigenvalue weighted by molar-refractivity contribution is 0.152. The molecule has 0 aromatic heterocycles. The van der Waals surface area contributed by atoms with Crippen LogP contribution in [0.25, 0.3) is 0 Å². The normalized spacial score (nSPS) is 21.5. The standard InChI is InChI=1S/C22H37N5O.HI/c1-3-23-22(24-18-20-8-7-11-25(2)19-20)27-14-12-26(13-15-27)16-17-28-21-9-5-4-6-10-21;/h4-6,9-10,20H,3,7-8,11-19H2,1-2H3,(H,23,24);1H. The van der Waals surface area contributed by atoms with Gasteiger partial charge >= 0.3 is 0 Å². The second-order valence-corrected chi connectivity index (χ2v) is 7.96. The second-order valence-electron chi connectivity index (χ2n) is 7.96. The Hall–Kier alpha value is -1.06. The number of hydrogen-bond donors (Lipinski definition) is 1. The monoisotopic (exact) mass is 515 g/mol. The summed E-state index contributed by atoms with van der Waals surface area (Å²) >= 11 is 0. The van der Waals surface area contributed by atoms with Crippen molar-refractivity contribution < 1.29 is 4.74 Å². The molecule has 0 saturated carbocycles. The summed E-state index contributed by atoms with van der Waals surface area (Å²) in [5.41, 5.74) is 0. The number of piperazine rings is 1. The molecule has 0 aliphatic carbocycles. The van der Waals surface area contributed by atoms with Gasteiger partial charge in [-0.05, 0) is 51.4 Å². The molecule has 1 N–H and O–H groups in total. The van der Waals surface area contributed by atoms with Gasteiger partial charge in [0.25, 0.3) is 0 Å². The molecule has 6 nitrogen and oxygen atoms in total. The molecular formula is C22H38IN5O. The third kappa shape index (κ3) is 8.30. The van der Waals surface area contributed by atoms with Gasteiger partial charge < -0.3 is 19.9 Å². The molecule has 164 valence electrons. The summed E-state index contributed by atoms with van der Waals surface area (Å²) in [5, 5.41) is 3.50. The number of nitrogens with zero attached hydrogens (tertiary/aromatic N) is 4. The third-order valence-corrected chi connectivity index (χ3v) is 5.65. The Balaban J connectivity index is 0.00000300. The molecule has 1 aromatic carbocycles. The zero-order valence-corrected chi connectivity index (χ0v) is 20.4. The van der Waals surface area contributed by atoms with E-state index >= 15 is 0 Å². The Morgan fingerprint density at radius 2 is 1.90 bits per heavy atom. The van der Waals surface area contributed by atoms with E-state index in [9.17, 15) is 0 Å². The molecule has 2 heterocycles. The van der Waals surface area contributed by atoms with E-state index in [0.29, 0.717) is 5.92 Å². The maximum Gasteiger partial charge on any atom is 0.194 e. The molecule has 0 amide bonds. The van der Waals surface area contributed by atoms with Gasteiger partial charge in [-0.1, -0.05) is 18.2 Å². The van der Waals surface area contributed by atoms with Gasteiger partial charge in [-0.25, -0.2) is 0 Å². The summed E-state index contributed by atoms with van der Waals surface area (Å²) in [7, 11) is 2.22. The fourth-order valence-electron chi connectivity index (χ4n) is 4.06. The predicted molar refractivity (Wildman–Crippen MR) is 132 cm³/mol. The average Bonchev–Trinajstić information content (AvgIpc) is 2.73. The van der Waals surface area contributed by atoms with Crippen molar-refractivity contribution in [1.29, 1.82) is 0 Å². The van der Waals surface area contributed by atoms with Crippen molar-refractivity contribution >= 4 is 29.9 Å². The maximum absolute atomic E-state index is 5.84. The van der Waals surface area contributed by atoms with Crippen LogP contribution in [0.4, 0.5) is 0 Å². The van der Waals surface area contributed by atoms with Gasteiger partial charge in [0, 0.05) is 52.4 Å². The van der Waals surface area contributed by atoms with Gasteiger partial charge in [-0.15, -0.1) is 24.0 Å². The number of hydrogen-bond acceptors (Lipinski definition) is 4. The molecule has 2 aliphatic rings.